The maximum absolute atomic E-state index is 12.0. The molecular weight excluding hydrogens is 245 g/mol. The van der Waals surface area contributed by atoms with E-state index in [2.05, 4.69) is 0 Å². The Morgan fingerprint density at radius 1 is 1.22 bits per heavy atom. The zero-order chi connectivity index (χ0) is 13.2. The first-order valence-corrected chi connectivity index (χ1v) is 5.90. The molecule has 18 heavy (non-hydrogen) atoms. The van der Waals surface area contributed by atoms with Gasteiger partial charge < -0.3 is 9.84 Å². The summed E-state index contributed by atoms with van der Waals surface area (Å²) >= 11 is 0. The number of aliphatic hydroxyl groups excluding tert-OH is 1. The molecule has 0 aliphatic carbocycles. The van der Waals surface area contributed by atoms with Crippen molar-refractivity contribution < 1.29 is 23.0 Å². The van der Waals surface area contributed by atoms with Crippen molar-refractivity contribution in [3.63, 3.8) is 0 Å². The number of halogens is 3. The van der Waals surface area contributed by atoms with Crippen molar-refractivity contribution in [1.82, 2.24) is 0 Å². The Kier molecular flexibility index (Phi) is 3.92. The van der Waals surface area contributed by atoms with Gasteiger partial charge in [0.1, 0.15) is 0 Å². The van der Waals surface area contributed by atoms with Crippen LogP contribution in [0.4, 0.5) is 13.2 Å². The van der Waals surface area contributed by atoms with Gasteiger partial charge in [-0.1, -0.05) is 18.2 Å². The molecule has 1 unspecified atom stereocenters. The highest BCUT2D eigenvalue weighted by molar-refractivity contribution is 5.34. The monoisotopic (exact) mass is 260 g/mol. The Morgan fingerprint density at radius 3 is 2.67 bits per heavy atom. The number of fused-ring (bicyclic) bond motifs is 1. The van der Waals surface area contributed by atoms with E-state index in [4.69, 9.17) is 4.74 Å². The van der Waals surface area contributed by atoms with Crippen LogP contribution >= 0.6 is 0 Å². The van der Waals surface area contributed by atoms with E-state index in [1.54, 1.807) is 6.07 Å². The van der Waals surface area contributed by atoms with Gasteiger partial charge in [-0.3, -0.25) is 0 Å². The number of hydrogen-bond acceptors (Lipinski definition) is 2. The summed E-state index contributed by atoms with van der Waals surface area (Å²) in [6.07, 6.45) is -5.76. The highest BCUT2D eigenvalue weighted by Gasteiger charge is 2.26. The summed E-state index contributed by atoms with van der Waals surface area (Å²) in [7, 11) is 0. The molecule has 0 aromatic heterocycles. The predicted octanol–water partition coefficient (Wildman–Crippen LogP) is 3.48. The number of alkyl halides is 3. The standard InChI is InChI=1S/C13H15F3O2/c14-13(15,16)5-1-2-12(17)9-3-4-10-7-18-8-11(10)6-9/h3-4,6,12,17H,1-2,5,7-8H2. The summed E-state index contributed by atoms with van der Waals surface area (Å²) in [6.45, 7) is 1.08. The molecular formula is C13H15F3O2. The first kappa shape index (κ1) is 13.4. The van der Waals surface area contributed by atoms with Gasteiger partial charge in [-0.15, -0.1) is 0 Å². The minimum atomic E-state index is -4.15. The highest BCUT2D eigenvalue weighted by atomic mass is 19.4. The van der Waals surface area contributed by atoms with Crippen molar-refractivity contribution in [2.75, 3.05) is 0 Å². The van der Waals surface area contributed by atoms with Gasteiger partial charge in [-0.2, -0.15) is 13.2 Å². The molecule has 5 heteroatoms. The molecule has 2 nitrogen and oxygen atoms in total. The highest BCUT2D eigenvalue weighted by Crippen LogP contribution is 2.28. The summed E-state index contributed by atoms with van der Waals surface area (Å²) in [6, 6.07) is 5.44. The van der Waals surface area contributed by atoms with Gasteiger partial charge in [0.25, 0.3) is 0 Å². The summed E-state index contributed by atoms with van der Waals surface area (Å²) in [5.74, 6) is 0. The van der Waals surface area contributed by atoms with E-state index in [9.17, 15) is 18.3 Å². The Morgan fingerprint density at radius 2 is 1.94 bits per heavy atom. The average molecular weight is 260 g/mol. The molecule has 0 fully saturated rings. The van der Waals surface area contributed by atoms with Crippen LogP contribution in [0, 0.1) is 0 Å². The molecule has 1 aliphatic rings. The Labute approximate surface area is 103 Å². The molecule has 0 saturated carbocycles. The van der Waals surface area contributed by atoms with Crippen molar-refractivity contribution in [3.05, 3.63) is 34.9 Å². The van der Waals surface area contributed by atoms with Crippen LogP contribution in [0.15, 0.2) is 18.2 Å². The number of aliphatic hydroxyl groups is 1. The Hall–Kier alpha value is -1.07. The third-order valence-electron chi connectivity index (χ3n) is 3.07. The molecule has 1 aromatic rings. The van der Waals surface area contributed by atoms with Crippen LogP contribution in [0.1, 0.15) is 42.1 Å². The van der Waals surface area contributed by atoms with E-state index in [1.807, 2.05) is 12.1 Å². The maximum atomic E-state index is 12.0. The molecule has 0 bridgehead atoms. The SMILES string of the molecule is OC(CCCC(F)(F)F)c1ccc2c(c1)COC2. The Balaban J connectivity index is 1.91. The van der Waals surface area contributed by atoms with Crippen LogP contribution in [0.25, 0.3) is 0 Å². The molecule has 0 spiro atoms. The molecule has 1 aromatic carbocycles. The molecule has 0 radical (unpaired) electrons. The van der Waals surface area contributed by atoms with Gasteiger partial charge in [0.05, 0.1) is 19.3 Å². The van der Waals surface area contributed by atoms with E-state index >= 15 is 0 Å². The van der Waals surface area contributed by atoms with Crippen LogP contribution in [-0.4, -0.2) is 11.3 Å². The molecule has 100 valence electrons. The second-order valence-corrected chi connectivity index (χ2v) is 4.54. The van der Waals surface area contributed by atoms with Crippen molar-refractivity contribution in [2.45, 2.75) is 44.8 Å². The molecule has 1 N–H and O–H groups in total. The predicted molar refractivity (Wildman–Crippen MR) is 59.8 cm³/mol. The third kappa shape index (κ3) is 3.46. The lowest BCUT2D eigenvalue weighted by atomic mass is 9.99. The first-order chi connectivity index (χ1) is 8.46. The maximum Gasteiger partial charge on any atom is 0.389 e. The second-order valence-electron chi connectivity index (χ2n) is 4.54. The Bertz CT molecular complexity index is 415. The quantitative estimate of drug-likeness (QED) is 0.898. The van der Waals surface area contributed by atoms with Gasteiger partial charge in [0.2, 0.25) is 0 Å². The zero-order valence-corrected chi connectivity index (χ0v) is 9.83. The van der Waals surface area contributed by atoms with Gasteiger partial charge in [-0.05, 0) is 29.5 Å². The molecule has 2 rings (SSSR count). The largest absolute Gasteiger partial charge is 0.389 e. The summed E-state index contributed by atoms with van der Waals surface area (Å²) in [5, 5.41) is 9.84. The topological polar surface area (TPSA) is 29.5 Å². The normalized spacial score (nSPS) is 16.7. The minimum Gasteiger partial charge on any atom is -0.388 e. The fourth-order valence-electron chi connectivity index (χ4n) is 2.06. The zero-order valence-electron chi connectivity index (χ0n) is 9.83. The number of benzene rings is 1. The van der Waals surface area contributed by atoms with Crippen LogP contribution in [0.5, 0.6) is 0 Å². The summed E-state index contributed by atoms with van der Waals surface area (Å²) in [4.78, 5) is 0. The third-order valence-corrected chi connectivity index (χ3v) is 3.07. The van der Waals surface area contributed by atoms with Crippen LogP contribution < -0.4 is 0 Å². The molecule has 0 saturated heterocycles. The molecule has 1 atom stereocenters. The first-order valence-electron chi connectivity index (χ1n) is 5.90. The lowest BCUT2D eigenvalue weighted by Crippen LogP contribution is -2.08. The van der Waals surface area contributed by atoms with Crippen molar-refractivity contribution in [3.8, 4) is 0 Å². The number of ether oxygens (including phenoxy) is 1. The average Bonchev–Trinajstić information content (AvgIpc) is 2.73. The lowest BCUT2D eigenvalue weighted by Gasteiger charge is -2.13. The van der Waals surface area contributed by atoms with E-state index in [0.29, 0.717) is 18.8 Å². The van der Waals surface area contributed by atoms with E-state index in [-0.39, 0.29) is 12.8 Å². The van der Waals surface area contributed by atoms with E-state index < -0.39 is 18.7 Å². The minimum absolute atomic E-state index is 0.0573. The van der Waals surface area contributed by atoms with Gasteiger partial charge >= 0.3 is 6.18 Å². The lowest BCUT2D eigenvalue weighted by molar-refractivity contribution is -0.136. The summed E-state index contributed by atoms with van der Waals surface area (Å²) in [5.41, 5.74) is 2.77. The fourth-order valence-corrected chi connectivity index (χ4v) is 2.06. The molecule has 0 amide bonds. The van der Waals surface area contributed by atoms with Crippen LogP contribution in [-0.2, 0) is 18.0 Å². The van der Waals surface area contributed by atoms with Crippen LogP contribution in [0.2, 0.25) is 0 Å². The van der Waals surface area contributed by atoms with E-state index in [1.165, 1.54) is 0 Å². The van der Waals surface area contributed by atoms with Crippen molar-refractivity contribution in [2.24, 2.45) is 0 Å². The van der Waals surface area contributed by atoms with Gasteiger partial charge in [-0.25, -0.2) is 0 Å². The van der Waals surface area contributed by atoms with Crippen molar-refractivity contribution in [1.29, 1.82) is 0 Å². The van der Waals surface area contributed by atoms with Gasteiger partial charge in [0.15, 0.2) is 0 Å². The van der Waals surface area contributed by atoms with Gasteiger partial charge in [0, 0.05) is 6.42 Å². The summed E-state index contributed by atoms with van der Waals surface area (Å²) < 4.78 is 41.2. The second kappa shape index (κ2) is 5.28. The molecule has 1 heterocycles. The fraction of sp³-hybridized carbons (Fsp3) is 0.538. The number of hydrogen-bond donors (Lipinski definition) is 1. The van der Waals surface area contributed by atoms with Crippen molar-refractivity contribution >= 4 is 0 Å². The molecule has 1 aliphatic heterocycles. The van der Waals surface area contributed by atoms with E-state index in [0.717, 1.165) is 11.1 Å². The smallest absolute Gasteiger partial charge is 0.388 e. The number of rotatable bonds is 4. The van der Waals surface area contributed by atoms with Crippen LogP contribution in [0.3, 0.4) is 0 Å².